The molecular formula is C16H25NO. The highest BCUT2D eigenvalue weighted by Crippen LogP contribution is 2.32. The summed E-state index contributed by atoms with van der Waals surface area (Å²) < 4.78 is 0. The van der Waals surface area contributed by atoms with Crippen molar-refractivity contribution in [2.75, 3.05) is 11.4 Å². The van der Waals surface area contributed by atoms with Crippen LogP contribution in [0.25, 0.3) is 0 Å². The zero-order valence-electron chi connectivity index (χ0n) is 12.0. The summed E-state index contributed by atoms with van der Waals surface area (Å²) in [6.07, 6.45) is 2.22. The Morgan fingerprint density at radius 3 is 2.44 bits per heavy atom. The van der Waals surface area contributed by atoms with E-state index in [1.165, 1.54) is 0 Å². The van der Waals surface area contributed by atoms with E-state index in [9.17, 15) is 5.11 Å². The molecule has 0 amide bonds. The van der Waals surface area contributed by atoms with Crippen molar-refractivity contribution in [3.63, 3.8) is 0 Å². The lowest BCUT2D eigenvalue weighted by atomic mass is 9.99. The van der Waals surface area contributed by atoms with Crippen molar-refractivity contribution in [3.05, 3.63) is 42.5 Å². The molecule has 0 fully saturated rings. The lowest BCUT2D eigenvalue weighted by Gasteiger charge is -2.38. The third-order valence-electron chi connectivity index (χ3n) is 3.09. The number of hydrogen-bond acceptors (Lipinski definition) is 2. The number of hydrogen-bond donors (Lipinski definition) is 1. The molecule has 0 bridgehead atoms. The van der Waals surface area contributed by atoms with Crippen molar-refractivity contribution in [2.24, 2.45) is 0 Å². The molecule has 1 N–H and O–H groups in total. The molecule has 0 spiro atoms. The molecule has 1 aromatic carbocycles. The average Bonchev–Trinajstić information content (AvgIpc) is 2.33. The topological polar surface area (TPSA) is 23.5 Å². The summed E-state index contributed by atoms with van der Waals surface area (Å²) >= 11 is 0. The molecule has 1 aromatic rings. The van der Waals surface area contributed by atoms with Crippen LogP contribution in [0, 0.1) is 0 Å². The van der Waals surface area contributed by atoms with Crippen molar-refractivity contribution in [1.82, 2.24) is 0 Å². The van der Waals surface area contributed by atoms with Gasteiger partial charge in [0.25, 0.3) is 0 Å². The largest absolute Gasteiger partial charge is 0.388 e. The van der Waals surface area contributed by atoms with Gasteiger partial charge < -0.3 is 10.0 Å². The highest BCUT2D eigenvalue weighted by atomic mass is 16.3. The minimum atomic E-state index is -0.407. The Morgan fingerprint density at radius 1 is 1.33 bits per heavy atom. The summed E-state index contributed by atoms with van der Waals surface area (Å²) in [5.74, 6) is 0. The number of anilines is 1. The molecular weight excluding hydrogens is 222 g/mol. The van der Waals surface area contributed by atoms with Crippen LogP contribution in [0.4, 0.5) is 5.69 Å². The molecule has 0 aliphatic carbocycles. The van der Waals surface area contributed by atoms with Gasteiger partial charge in [0.05, 0.1) is 6.10 Å². The van der Waals surface area contributed by atoms with Crippen LogP contribution >= 0.6 is 0 Å². The first-order valence-electron chi connectivity index (χ1n) is 6.57. The minimum Gasteiger partial charge on any atom is -0.388 e. The van der Waals surface area contributed by atoms with Gasteiger partial charge in [-0.2, -0.15) is 0 Å². The molecule has 0 saturated carbocycles. The van der Waals surface area contributed by atoms with Crippen LogP contribution in [0.3, 0.4) is 0 Å². The first kappa shape index (κ1) is 14.8. The van der Waals surface area contributed by atoms with Gasteiger partial charge in [0.2, 0.25) is 0 Å². The zero-order chi connectivity index (χ0) is 13.8. The van der Waals surface area contributed by atoms with Crippen molar-refractivity contribution >= 4 is 5.69 Å². The number of benzene rings is 1. The Bertz CT molecular complexity index is 392. The monoisotopic (exact) mass is 247 g/mol. The van der Waals surface area contributed by atoms with E-state index in [1.54, 1.807) is 0 Å². The zero-order valence-corrected chi connectivity index (χ0v) is 12.0. The van der Waals surface area contributed by atoms with Crippen LogP contribution in [0.1, 0.15) is 45.8 Å². The van der Waals surface area contributed by atoms with Crippen molar-refractivity contribution in [1.29, 1.82) is 0 Å². The predicted molar refractivity (Wildman–Crippen MR) is 79.0 cm³/mol. The van der Waals surface area contributed by atoms with E-state index in [0.29, 0.717) is 0 Å². The summed E-state index contributed by atoms with van der Waals surface area (Å²) in [7, 11) is 0. The van der Waals surface area contributed by atoms with E-state index < -0.39 is 6.10 Å². The van der Waals surface area contributed by atoms with Gasteiger partial charge in [-0.15, -0.1) is 6.58 Å². The van der Waals surface area contributed by atoms with E-state index >= 15 is 0 Å². The smallest absolute Gasteiger partial charge is 0.0807 e. The van der Waals surface area contributed by atoms with Crippen molar-refractivity contribution in [2.45, 2.75) is 45.8 Å². The maximum absolute atomic E-state index is 10.1. The number of para-hydroxylation sites is 1. The van der Waals surface area contributed by atoms with Crippen LogP contribution in [0.5, 0.6) is 0 Å². The van der Waals surface area contributed by atoms with Gasteiger partial charge in [0.1, 0.15) is 0 Å². The molecule has 0 heterocycles. The number of aliphatic hydroxyl groups is 1. The molecule has 18 heavy (non-hydrogen) atoms. The SMILES string of the molecule is C=CCN(c1ccccc1[C@H](O)CC)C(C)(C)C. The second-order valence-electron chi connectivity index (χ2n) is 5.55. The van der Waals surface area contributed by atoms with Crippen LogP contribution in [0.2, 0.25) is 0 Å². The third-order valence-corrected chi connectivity index (χ3v) is 3.09. The summed E-state index contributed by atoms with van der Waals surface area (Å²) in [5, 5.41) is 10.1. The summed E-state index contributed by atoms with van der Waals surface area (Å²) in [4.78, 5) is 2.27. The molecule has 0 unspecified atom stereocenters. The van der Waals surface area contributed by atoms with Gasteiger partial charge in [-0.3, -0.25) is 0 Å². The Morgan fingerprint density at radius 2 is 1.94 bits per heavy atom. The molecule has 1 atom stereocenters. The Hall–Kier alpha value is -1.28. The van der Waals surface area contributed by atoms with Gasteiger partial charge in [0, 0.05) is 23.3 Å². The molecule has 0 aliphatic rings. The van der Waals surface area contributed by atoms with Crippen LogP contribution in [-0.4, -0.2) is 17.2 Å². The lowest BCUT2D eigenvalue weighted by molar-refractivity contribution is 0.174. The van der Waals surface area contributed by atoms with Gasteiger partial charge in [-0.1, -0.05) is 31.2 Å². The second-order valence-corrected chi connectivity index (χ2v) is 5.55. The van der Waals surface area contributed by atoms with Crippen LogP contribution in [0.15, 0.2) is 36.9 Å². The quantitative estimate of drug-likeness (QED) is 0.797. The molecule has 1 rings (SSSR count). The van der Waals surface area contributed by atoms with Gasteiger partial charge in [-0.05, 0) is 33.3 Å². The third kappa shape index (κ3) is 3.36. The van der Waals surface area contributed by atoms with Crippen LogP contribution in [-0.2, 0) is 0 Å². The molecule has 2 nitrogen and oxygen atoms in total. The van der Waals surface area contributed by atoms with E-state index in [-0.39, 0.29) is 5.54 Å². The van der Waals surface area contributed by atoms with Crippen LogP contribution < -0.4 is 4.90 Å². The first-order chi connectivity index (χ1) is 8.41. The molecule has 0 aliphatic heterocycles. The minimum absolute atomic E-state index is 0.00223. The lowest BCUT2D eigenvalue weighted by Crippen LogP contribution is -2.42. The molecule has 100 valence electrons. The van der Waals surface area contributed by atoms with E-state index in [0.717, 1.165) is 24.2 Å². The highest BCUT2D eigenvalue weighted by Gasteiger charge is 2.24. The van der Waals surface area contributed by atoms with E-state index in [2.05, 4.69) is 38.3 Å². The fourth-order valence-corrected chi connectivity index (χ4v) is 2.10. The molecule has 0 saturated heterocycles. The maximum atomic E-state index is 10.1. The molecule has 0 radical (unpaired) electrons. The number of nitrogens with zero attached hydrogens (tertiary/aromatic N) is 1. The summed E-state index contributed by atoms with van der Waals surface area (Å²) in [6, 6.07) is 8.07. The maximum Gasteiger partial charge on any atom is 0.0807 e. The number of aliphatic hydroxyl groups excluding tert-OH is 1. The fraction of sp³-hybridized carbons (Fsp3) is 0.500. The van der Waals surface area contributed by atoms with Crippen molar-refractivity contribution in [3.8, 4) is 0 Å². The van der Waals surface area contributed by atoms with E-state index in [4.69, 9.17) is 0 Å². The second kappa shape index (κ2) is 6.05. The Labute approximate surface area is 111 Å². The normalized spacial score (nSPS) is 13.2. The molecule has 2 heteroatoms. The van der Waals surface area contributed by atoms with Crippen molar-refractivity contribution < 1.29 is 5.11 Å². The van der Waals surface area contributed by atoms with Gasteiger partial charge in [0.15, 0.2) is 0 Å². The summed E-state index contributed by atoms with van der Waals surface area (Å²) in [6.45, 7) is 13.1. The Balaban J connectivity index is 3.23. The molecule has 0 aromatic heterocycles. The predicted octanol–water partition coefficient (Wildman–Crippen LogP) is 3.92. The van der Waals surface area contributed by atoms with Gasteiger partial charge in [-0.25, -0.2) is 0 Å². The van der Waals surface area contributed by atoms with Gasteiger partial charge >= 0.3 is 0 Å². The average molecular weight is 247 g/mol. The number of rotatable bonds is 5. The van der Waals surface area contributed by atoms with E-state index in [1.807, 2.05) is 31.2 Å². The first-order valence-corrected chi connectivity index (χ1v) is 6.57. The fourth-order valence-electron chi connectivity index (χ4n) is 2.10. The Kier molecular flexibility index (Phi) is 4.97. The highest BCUT2D eigenvalue weighted by molar-refractivity contribution is 5.56. The standard InChI is InChI=1S/C16H25NO/c1-6-12-17(16(3,4)5)14-11-9-8-10-13(14)15(18)7-2/h6,8-11,15,18H,1,7,12H2,2-5H3/t15-/m1/s1. The summed E-state index contributed by atoms with van der Waals surface area (Å²) in [5.41, 5.74) is 2.09.